The zero-order chi connectivity index (χ0) is 19.7. The van der Waals surface area contributed by atoms with E-state index in [1.807, 2.05) is 43.3 Å². The molecule has 0 aliphatic heterocycles. The molecule has 0 atom stereocenters. The van der Waals surface area contributed by atoms with Gasteiger partial charge < -0.3 is 10.5 Å². The fourth-order valence-corrected chi connectivity index (χ4v) is 3.71. The lowest BCUT2D eigenvalue weighted by Crippen LogP contribution is -2.28. The number of ether oxygens (including phenoxy) is 1. The summed E-state index contributed by atoms with van der Waals surface area (Å²) >= 11 is 0. The van der Waals surface area contributed by atoms with Crippen molar-refractivity contribution < 1.29 is 9.53 Å². The maximum absolute atomic E-state index is 13.6. The van der Waals surface area contributed by atoms with Crippen LogP contribution in [0.1, 0.15) is 41.6 Å². The van der Waals surface area contributed by atoms with Crippen molar-refractivity contribution in [3.63, 3.8) is 0 Å². The molecule has 144 valence electrons. The van der Waals surface area contributed by atoms with E-state index in [1.165, 1.54) is 4.68 Å². The number of nitrogen functional groups attached to an aromatic ring is 1. The van der Waals surface area contributed by atoms with Gasteiger partial charge in [-0.2, -0.15) is 9.78 Å². The number of benzene rings is 2. The molecular formula is C22H24N4O2. The first-order valence-corrected chi connectivity index (χ1v) is 9.58. The summed E-state index contributed by atoms with van der Waals surface area (Å²) in [6.07, 6.45) is 5.87. The van der Waals surface area contributed by atoms with Gasteiger partial charge in [0.15, 0.2) is 5.84 Å². The van der Waals surface area contributed by atoms with E-state index in [2.05, 4.69) is 5.10 Å². The Hall–Kier alpha value is -3.15. The minimum Gasteiger partial charge on any atom is -0.496 e. The number of aliphatic imine (C=N–C) groups is 1. The molecule has 0 saturated heterocycles. The molecule has 1 fully saturated rings. The molecule has 6 heteroatoms. The molecule has 4 rings (SSSR count). The second kappa shape index (κ2) is 7.46. The zero-order valence-corrected chi connectivity index (χ0v) is 16.2. The Labute approximate surface area is 164 Å². The highest BCUT2D eigenvalue weighted by Gasteiger charge is 2.26. The molecule has 0 amide bonds. The van der Waals surface area contributed by atoms with E-state index in [1.54, 1.807) is 13.3 Å². The van der Waals surface area contributed by atoms with Crippen LogP contribution in [0.2, 0.25) is 0 Å². The van der Waals surface area contributed by atoms with E-state index in [4.69, 9.17) is 15.5 Å². The number of ketones is 1. The topological polar surface area (TPSA) is 82.5 Å². The number of carbonyl (C=O) groups excluding carboxylic acids is 1. The van der Waals surface area contributed by atoms with Crippen molar-refractivity contribution in [1.82, 2.24) is 9.78 Å². The zero-order valence-electron chi connectivity index (χ0n) is 16.2. The summed E-state index contributed by atoms with van der Waals surface area (Å²) in [5.41, 5.74) is 7.47. The smallest absolute Gasteiger partial charge is 0.233 e. The van der Waals surface area contributed by atoms with E-state index < -0.39 is 0 Å². The highest BCUT2D eigenvalue weighted by molar-refractivity contribution is 6.46. The van der Waals surface area contributed by atoms with Crippen LogP contribution >= 0.6 is 0 Å². The number of nitrogens with zero attached hydrogens (tertiary/aromatic N) is 3. The molecule has 1 heterocycles. The normalized spacial score (nSPS) is 15.3. The van der Waals surface area contributed by atoms with Crippen LogP contribution in [0.15, 0.2) is 47.6 Å². The van der Waals surface area contributed by atoms with Gasteiger partial charge in [0.2, 0.25) is 5.78 Å². The molecule has 0 bridgehead atoms. The summed E-state index contributed by atoms with van der Waals surface area (Å²) in [6.45, 7) is 1.87. The summed E-state index contributed by atoms with van der Waals surface area (Å²) in [6, 6.07) is 11.7. The third-order valence-corrected chi connectivity index (χ3v) is 5.34. The van der Waals surface area contributed by atoms with Crippen LogP contribution < -0.4 is 10.5 Å². The highest BCUT2D eigenvalue weighted by atomic mass is 16.5. The number of hydrogen-bond donors (Lipinski definition) is 1. The predicted molar refractivity (Wildman–Crippen MR) is 111 cm³/mol. The monoisotopic (exact) mass is 376 g/mol. The minimum absolute atomic E-state index is 0.120. The second-order valence-electron chi connectivity index (χ2n) is 7.24. The van der Waals surface area contributed by atoms with Gasteiger partial charge >= 0.3 is 0 Å². The third kappa shape index (κ3) is 3.26. The van der Waals surface area contributed by atoms with E-state index in [0.717, 1.165) is 42.0 Å². The van der Waals surface area contributed by atoms with Gasteiger partial charge in [-0.1, -0.05) is 37.1 Å². The van der Waals surface area contributed by atoms with Crippen molar-refractivity contribution in [2.75, 3.05) is 12.8 Å². The molecule has 1 aliphatic carbocycles. The lowest BCUT2D eigenvalue weighted by Gasteiger charge is -2.14. The van der Waals surface area contributed by atoms with Gasteiger partial charge in [-0.05, 0) is 42.7 Å². The number of rotatable bonds is 4. The third-order valence-electron chi connectivity index (χ3n) is 5.34. The number of anilines is 1. The van der Waals surface area contributed by atoms with Crippen molar-refractivity contribution >= 4 is 28.2 Å². The van der Waals surface area contributed by atoms with E-state index >= 15 is 0 Å². The molecule has 2 aromatic carbocycles. The van der Waals surface area contributed by atoms with Gasteiger partial charge in [0.1, 0.15) is 11.6 Å². The van der Waals surface area contributed by atoms with Gasteiger partial charge in [-0.3, -0.25) is 9.79 Å². The van der Waals surface area contributed by atoms with E-state index in [0.29, 0.717) is 17.1 Å². The molecule has 1 saturated carbocycles. The molecule has 3 aromatic rings. The number of nitrogens with two attached hydrogens (primary N) is 1. The number of Topliss-reactive ketones (excluding diaryl/α,β-unsaturated/α-hetero) is 1. The Kier molecular flexibility index (Phi) is 4.86. The maximum atomic E-state index is 13.6. The van der Waals surface area contributed by atoms with Gasteiger partial charge in [-0.25, -0.2) is 0 Å². The van der Waals surface area contributed by atoms with Crippen molar-refractivity contribution in [1.29, 1.82) is 0 Å². The van der Waals surface area contributed by atoms with Crippen molar-refractivity contribution in [3.05, 3.63) is 53.7 Å². The lowest BCUT2D eigenvalue weighted by molar-refractivity contribution is 0.105. The number of aryl methyl sites for hydroxylation is 1. The molecule has 6 nitrogen and oxygen atoms in total. The first-order chi connectivity index (χ1) is 13.6. The Morgan fingerprint density at radius 2 is 1.89 bits per heavy atom. The molecule has 0 radical (unpaired) electrons. The van der Waals surface area contributed by atoms with E-state index in [-0.39, 0.29) is 17.7 Å². The fourth-order valence-electron chi connectivity index (χ4n) is 3.71. The Bertz CT molecular complexity index is 1060. The number of methoxy groups -OCH3 is 1. The second-order valence-corrected chi connectivity index (χ2v) is 7.24. The molecule has 1 aliphatic rings. The van der Waals surface area contributed by atoms with Crippen LogP contribution in [0.3, 0.4) is 0 Å². The van der Waals surface area contributed by atoms with Crippen LogP contribution in [0.25, 0.3) is 10.8 Å². The molecule has 2 N–H and O–H groups in total. The minimum atomic E-state index is -0.232. The summed E-state index contributed by atoms with van der Waals surface area (Å²) in [7, 11) is 1.57. The van der Waals surface area contributed by atoms with Crippen molar-refractivity contribution in [3.8, 4) is 5.75 Å². The Balaban J connectivity index is 1.85. The first-order valence-electron chi connectivity index (χ1n) is 9.58. The summed E-state index contributed by atoms with van der Waals surface area (Å²) in [5, 5.41) is 6.30. The van der Waals surface area contributed by atoms with Crippen LogP contribution in [-0.4, -0.2) is 34.6 Å². The fraction of sp³-hybridized carbons (Fsp3) is 0.318. The molecular weight excluding hydrogens is 352 g/mol. The van der Waals surface area contributed by atoms with Gasteiger partial charge in [0.25, 0.3) is 0 Å². The number of hydrogen-bond acceptors (Lipinski definition) is 5. The lowest BCUT2D eigenvalue weighted by atomic mass is 10.0. The van der Waals surface area contributed by atoms with Crippen LogP contribution in [0.5, 0.6) is 5.75 Å². The predicted octanol–water partition coefficient (Wildman–Crippen LogP) is 4.01. The molecule has 0 unspecified atom stereocenters. The average molecular weight is 376 g/mol. The van der Waals surface area contributed by atoms with E-state index in [9.17, 15) is 4.79 Å². The SMILES string of the molecule is COc1cc2ccccc2cc1C(=O)C(=NC1CCCC1)n1ncc(C)c1N. The van der Waals surface area contributed by atoms with Gasteiger partial charge in [0, 0.05) is 5.56 Å². The van der Waals surface area contributed by atoms with Crippen molar-refractivity contribution in [2.45, 2.75) is 38.6 Å². The quantitative estimate of drug-likeness (QED) is 0.424. The Morgan fingerprint density at radius 3 is 2.50 bits per heavy atom. The average Bonchev–Trinajstić information content (AvgIpc) is 3.35. The molecule has 0 spiro atoms. The van der Waals surface area contributed by atoms with Gasteiger partial charge in [-0.15, -0.1) is 0 Å². The first kappa shape index (κ1) is 18.2. The number of fused-ring (bicyclic) bond motifs is 1. The standard InChI is InChI=1S/C22H24N4O2/c1-14-13-24-26(21(14)23)22(25-17-9-5-6-10-17)20(27)18-11-15-7-3-4-8-16(15)12-19(18)28-2/h3-4,7-8,11-13,17H,5-6,9-10,23H2,1-2H3. The summed E-state index contributed by atoms with van der Waals surface area (Å²) < 4.78 is 6.99. The summed E-state index contributed by atoms with van der Waals surface area (Å²) in [4.78, 5) is 18.4. The van der Waals surface area contributed by atoms with Crippen molar-refractivity contribution in [2.24, 2.45) is 4.99 Å². The van der Waals surface area contributed by atoms with Crippen LogP contribution in [0, 0.1) is 6.92 Å². The Morgan fingerprint density at radius 1 is 1.21 bits per heavy atom. The van der Waals surface area contributed by atoms with Crippen LogP contribution in [0.4, 0.5) is 5.82 Å². The van der Waals surface area contributed by atoms with Crippen LogP contribution in [-0.2, 0) is 0 Å². The number of aromatic nitrogens is 2. The maximum Gasteiger partial charge on any atom is 0.233 e. The molecule has 28 heavy (non-hydrogen) atoms. The number of carbonyl (C=O) groups is 1. The highest BCUT2D eigenvalue weighted by Crippen LogP contribution is 2.28. The van der Waals surface area contributed by atoms with Gasteiger partial charge in [0.05, 0.1) is 24.9 Å². The summed E-state index contributed by atoms with van der Waals surface area (Å²) in [5.74, 6) is 0.977. The molecule has 1 aromatic heterocycles. The largest absolute Gasteiger partial charge is 0.496 e.